The van der Waals surface area contributed by atoms with Gasteiger partial charge in [-0.2, -0.15) is 13.2 Å². The molecule has 0 amide bonds. The topological polar surface area (TPSA) is 46.5 Å². The van der Waals surface area contributed by atoms with Crippen molar-refractivity contribution in [1.29, 1.82) is 0 Å². The summed E-state index contributed by atoms with van der Waals surface area (Å²) >= 11 is 6.14. The first-order chi connectivity index (χ1) is 10.6. The first-order valence-corrected chi connectivity index (χ1v) is 7.48. The molecule has 1 aromatic rings. The molecule has 1 aromatic carbocycles. The molecule has 7 heteroatoms. The van der Waals surface area contributed by atoms with Gasteiger partial charge in [-0.05, 0) is 42.5 Å². The van der Waals surface area contributed by atoms with E-state index < -0.39 is 23.8 Å². The van der Waals surface area contributed by atoms with Crippen molar-refractivity contribution in [3.05, 3.63) is 33.9 Å². The third kappa shape index (κ3) is 3.99. The predicted octanol–water partition coefficient (Wildman–Crippen LogP) is 4.72. The Kier molecular flexibility index (Phi) is 4.94. The molecule has 0 fully saturated rings. The van der Waals surface area contributed by atoms with Crippen molar-refractivity contribution >= 4 is 23.6 Å². The van der Waals surface area contributed by atoms with Gasteiger partial charge < -0.3 is 9.84 Å². The summed E-state index contributed by atoms with van der Waals surface area (Å²) in [5.41, 5.74) is 0.0735. The number of fused-ring (bicyclic) bond motifs is 1. The van der Waals surface area contributed by atoms with Gasteiger partial charge in [-0.15, -0.1) is 0 Å². The molecule has 1 N–H and O–H groups in total. The van der Waals surface area contributed by atoms with Gasteiger partial charge in [-0.1, -0.05) is 25.4 Å². The quantitative estimate of drug-likeness (QED) is 0.856. The number of aryl methyl sites for hydroxylation is 1. The second kappa shape index (κ2) is 6.43. The Labute approximate surface area is 136 Å². The van der Waals surface area contributed by atoms with Crippen LogP contribution in [-0.4, -0.2) is 23.4 Å². The summed E-state index contributed by atoms with van der Waals surface area (Å²) in [7, 11) is 0. The van der Waals surface area contributed by atoms with Crippen LogP contribution in [-0.2, 0) is 11.2 Å². The number of carboxylic acids is 1. The highest BCUT2D eigenvalue weighted by atomic mass is 35.5. The largest absolute Gasteiger partial charge is 0.478 e. The van der Waals surface area contributed by atoms with E-state index in [1.807, 2.05) is 13.8 Å². The van der Waals surface area contributed by atoms with E-state index in [4.69, 9.17) is 21.4 Å². The number of alkyl halides is 3. The van der Waals surface area contributed by atoms with Crippen LogP contribution in [0.5, 0.6) is 5.75 Å². The molecule has 1 aliphatic heterocycles. The van der Waals surface area contributed by atoms with E-state index in [1.165, 1.54) is 12.1 Å². The summed E-state index contributed by atoms with van der Waals surface area (Å²) in [5, 5.41) is 9.37. The number of carboxylic acid groups (broad SMARTS) is 1. The summed E-state index contributed by atoms with van der Waals surface area (Å²) in [6.45, 7) is 4.06. The van der Waals surface area contributed by atoms with Gasteiger partial charge in [-0.3, -0.25) is 0 Å². The molecule has 0 saturated heterocycles. The summed E-state index contributed by atoms with van der Waals surface area (Å²) < 4.78 is 44.0. The Balaban J connectivity index is 2.43. The minimum atomic E-state index is -4.81. The number of aliphatic carboxylic acids is 1. The van der Waals surface area contributed by atoms with Gasteiger partial charge in [0.2, 0.25) is 6.10 Å². The standard InChI is InChI=1S/C16H16ClF3O3/c1-8(2)3-4-9-7-13-10(6-12(9)17)5-11(15(21)22)14(23-13)16(18,19)20/h5-8,14H,3-4H2,1-2H3,(H,21,22)/t14-/m1/s1. The lowest BCUT2D eigenvalue weighted by atomic mass is 9.97. The van der Waals surface area contributed by atoms with Crippen molar-refractivity contribution in [3.8, 4) is 5.75 Å². The molecule has 0 saturated carbocycles. The highest BCUT2D eigenvalue weighted by Crippen LogP contribution is 2.39. The first kappa shape index (κ1) is 17.7. The van der Waals surface area contributed by atoms with Crippen molar-refractivity contribution in [3.63, 3.8) is 0 Å². The molecule has 2 rings (SSSR count). The molecular formula is C16H16ClF3O3. The highest BCUT2D eigenvalue weighted by Gasteiger charge is 2.48. The van der Waals surface area contributed by atoms with Gasteiger partial charge in [0.25, 0.3) is 0 Å². The van der Waals surface area contributed by atoms with Crippen LogP contribution in [0.15, 0.2) is 17.7 Å². The summed E-state index contributed by atoms with van der Waals surface area (Å²) in [6.07, 6.45) is -4.87. The molecule has 1 atom stereocenters. The van der Waals surface area contributed by atoms with E-state index >= 15 is 0 Å². The zero-order valence-corrected chi connectivity index (χ0v) is 13.3. The van der Waals surface area contributed by atoms with Crippen molar-refractivity contribution in [1.82, 2.24) is 0 Å². The average molecular weight is 349 g/mol. The lowest BCUT2D eigenvalue weighted by molar-refractivity contribution is -0.187. The fraction of sp³-hybridized carbons (Fsp3) is 0.438. The molecule has 0 bridgehead atoms. The molecular weight excluding hydrogens is 333 g/mol. The van der Waals surface area contributed by atoms with Crippen LogP contribution < -0.4 is 4.74 Å². The number of ether oxygens (including phenoxy) is 1. The fourth-order valence-corrected chi connectivity index (χ4v) is 2.58. The Morgan fingerprint density at radius 3 is 2.57 bits per heavy atom. The molecule has 23 heavy (non-hydrogen) atoms. The minimum Gasteiger partial charge on any atom is -0.478 e. The van der Waals surface area contributed by atoms with Crippen LogP contribution in [0.25, 0.3) is 6.08 Å². The maximum Gasteiger partial charge on any atom is 0.430 e. The maximum atomic E-state index is 13.0. The number of halogens is 4. The normalized spacial score (nSPS) is 17.5. The van der Waals surface area contributed by atoms with Gasteiger partial charge in [0.15, 0.2) is 0 Å². The average Bonchev–Trinajstić information content (AvgIpc) is 2.42. The predicted molar refractivity (Wildman–Crippen MR) is 80.7 cm³/mol. The number of benzene rings is 1. The minimum absolute atomic E-state index is 0.000445. The second-order valence-electron chi connectivity index (χ2n) is 5.86. The first-order valence-electron chi connectivity index (χ1n) is 7.10. The van der Waals surface area contributed by atoms with E-state index in [1.54, 1.807) is 0 Å². The van der Waals surface area contributed by atoms with Crippen LogP contribution in [0.2, 0.25) is 5.02 Å². The van der Waals surface area contributed by atoms with Crippen LogP contribution in [0.1, 0.15) is 31.4 Å². The molecule has 126 valence electrons. The molecule has 3 nitrogen and oxygen atoms in total. The molecule has 0 unspecified atom stereocenters. The summed E-state index contributed by atoms with van der Waals surface area (Å²) in [4.78, 5) is 11.1. The number of carbonyl (C=O) groups is 1. The fourth-order valence-electron chi connectivity index (χ4n) is 2.31. The van der Waals surface area contributed by atoms with Gasteiger partial charge in [0, 0.05) is 10.6 Å². The van der Waals surface area contributed by atoms with E-state index in [0.29, 0.717) is 22.9 Å². The number of hydrogen-bond donors (Lipinski definition) is 1. The summed E-state index contributed by atoms with van der Waals surface area (Å²) in [5.74, 6) is -1.25. The molecule has 0 spiro atoms. The second-order valence-corrected chi connectivity index (χ2v) is 6.27. The van der Waals surface area contributed by atoms with E-state index in [-0.39, 0.29) is 11.3 Å². The monoisotopic (exact) mass is 348 g/mol. The molecule has 1 heterocycles. The maximum absolute atomic E-state index is 13.0. The van der Waals surface area contributed by atoms with Gasteiger partial charge in [0.1, 0.15) is 5.75 Å². The number of hydrogen-bond acceptors (Lipinski definition) is 2. The highest BCUT2D eigenvalue weighted by molar-refractivity contribution is 6.31. The number of rotatable bonds is 4. The van der Waals surface area contributed by atoms with Crippen molar-refractivity contribution in [2.45, 2.75) is 39.0 Å². The zero-order chi connectivity index (χ0) is 17.4. The van der Waals surface area contributed by atoms with Crippen LogP contribution in [0.3, 0.4) is 0 Å². The Hall–Kier alpha value is -1.69. The van der Waals surface area contributed by atoms with Gasteiger partial charge in [-0.25, -0.2) is 4.79 Å². The van der Waals surface area contributed by atoms with Crippen LogP contribution in [0.4, 0.5) is 13.2 Å². The molecule has 0 aromatic heterocycles. The third-order valence-electron chi connectivity index (χ3n) is 3.55. The molecule has 0 aliphatic carbocycles. The van der Waals surface area contributed by atoms with E-state index in [0.717, 1.165) is 12.5 Å². The third-order valence-corrected chi connectivity index (χ3v) is 3.90. The van der Waals surface area contributed by atoms with Gasteiger partial charge >= 0.3 is 12.1 Å². The lowest BCUT2D eigenvalue weighted by Gasteiger charge is -2.27. The molecule has 0 radical (unpaired) electrons. The summed E-state index contributed by atoms with van der Waals surface area (Å²) in [6, 6.07) is 2.91. The lowest BCUT2D eigenvalue weighted by Crippen LogP contribution is -2.40. The zero-order valence-electron chi connectivity index (χ0n) is 12.6. The SMILES string of the molecule is CC(C)CCc1cc2c(cc1Cl)C=C(C(=O)O)[C@H](C(F)(F)F)O2. The van der Waals surface area contributed by atoms with Crippen LogP contribution >= 0.6 is 11.6 Å². The Morgan fingerprint density at radius 2 is 2.04 bits per heavy atom. The van der Waals surface area contributed by atoms with E-state index in [9.17, 15) is 18.0 Å². The van der Waals surface area contributed by atoms with Gasteiger partial charge in [0.05, 0.1) is 5.57 Å². The Morgan fingerprint density at radius 1 is 1.39 bits per heavy atom. The van der Waals surface area contributed by atoms with Crippen LogP contribution in [0, 0.1) is 5.92 Å². The van der Waals surface area contributed by atoms with Crippen molar-refractivity contribution < 1.29 is 27.8 Å². The Bertz CT molecular complexity index is 651. The van der Waals surface area contributed by atoms with E-state index in [2.05, 4.69) is 0 Å². The van der Waals surface area contributed by atoms with Crippen molar-refractivity contribution in [2.24, 2.45) is 5.92 Å². The van der Waals surface area contributed by atoms with Crippen molar-refractivity contribution in [2.75, 3.05) is 0 Å². The smallest absolute Gasteiger partial charge is 0.430 e. The molecule has 1 aliphatic rings.